The summed E-state index contributed by atoms with van der Waals surface area (Å²) < 4.78 is 0. The first-order valence-electron chi connectivity index (χ1n) is 7.17. The van der Waals surface area contributed by atoms with Crippen LogP contribution in [0, 0.1) is 0 Å². The van der Waals surface area contributed by atoms with Gasteiger partial charge in [-0.2, -0.15) is 0 Å². The van der Waals surface area contributed by atoms with Crippen molar-refractivity contribution in [2.24, 2.45) is 0 Å². The van der Waals surface area contributed by atoms with Gasteiger partial charge in [0.15, 0.2) is 0 Å². The first-order valence-corrected chi connectivity index (χ1v) is 7.54. The summed E-state index contributed by atoms with van der Waals surface area (Å²) in [6.07, 6.45) is 0. The monoisotopic (exact) mass is 282 g/mol. The quantitative estimate of drug-likeness (QED) is 0.810. The lowest BCUT2D eigenvalue weighted by atomic mass is 10.1. The van der Waals surface area contributed by atoms with E-state index in [1.807, 2.05) is 18.2 Å². The molecule has 0 aliphatic carbocycles. The van der Waals surface area contributed by atoms with Gasteiger partial charge in [-0.05, 0) is 46.2 Å². The number of hydrogen-bond acceptors (Lipinski definition) is 2. The zero-order valence-corrected chi connectivity index (χ0v) is 13.5. The Morgan fingerprint density at radius 1 is 1.05 bits per heavy atom. The molecular formula is C16H27ClN2. The van der Waals surface area contributed by atoms with Crippen LogP contribution in [-0.2, 0) is 0 Å². The van der Waals surface area contributed by atoms with E-state index >= 15 is 0 Å². The number of hydrogen-bond donors (Lipinski definition) is 1. The maximum absolute atomic E-state index is 6.21. The van der Waals surface area contributed by atoms with Gasteiger partial charge in [0.2, 0.25) is 0 Å². The zero-order valence-electron chi connectivity index (χ0n) is 12.8. The van der Waals surface area contributed by atoms with Gasteiger partial charge >= 0.3 is 0 Å². The van der Waals surface area contributed by atoms with Crippen molar-refractivity contribution in [1.29, 1.82) is 0 Å². The fourth-order valence-electron chi connectivity index (χ4n) is 2.46. The third-order valence-electron chi connectivity index (χ3n) is 3.52. The Morgan fingerprint density at radius 3 is 2.16 bits per heavy atom. The van der Waals surface area contributed by atoms with Crippen LogP contribution in [0.15, 0.2) is 24.3 Å². The molecule has 1 unspecified atom stereocenters. The average molecular weight is 283 g/mol. The topological polar surface area (TPSA) is 15.3 Å². The molecule has 0 aromatic heterocycles. The highest BCUT2D eigenvalue weighted by molar-refractivity contribution is 6.31. The normalized spacial score (nSPS) is 13.5. The summed E-state index contributed by atoms with van der Waals surface area (Å²) in [5, 5.41) is 4.39. The average Bonchev–Trinajstić information content (AvgIpc) is 2.33. The number of nitrogens with one attached hydrogen (secondary N) is 1. The molecule has 0 bridgehead atoms. The zero-order chi connectivity index (χ0) is 14.4. The van der Waals surface area contributed by atoms with Crippen molar-refractivity contribution in [3.05, 3.63) is 34.9 Å². The minimum absolute atomic E-state index is 0.287. The highest BCUT2D eigenvalue weighted by atomic mass is 35.5. The Kier molecular flexibility index (Phi) is 6.84. The lowest BCUT2D eigenvalue weighted by molar-refractivity contribution is 0.174. The molecule has 0 spiro atoms. The number of nitrogens with zero attached hydrogens (tertiary/aromatic N) is 1. The number of benzene rings is 1. The molecule has 0 saturated carbocycles. The molecule has 0 amide bonds. The van der Waals surface area contributed by atoms with Gasteiger partial charge in [-0.1, -0.05) is 29.8 Å². The fraction of sp³-hybridized carbons (Fsp3) is 0.625. The fourth-order valence-corrected chi connectivity index (χ4v) is 2.76. The predicted octanol–water partition coefficient (Wildman–Crippen LogP) is 4.11. The van der Waals surface area contributed by atoms with Crippen LogP contribution < -0.4 is 5.32 Å². The van der Waals surface area contributed by atoms with E-state index in [2.05, 4.69) is 50.9 Å². The number of halogens is 1. The smallest absolute Gasteiger partial charge is 0.0453 e. The van der Waals surface area contributed by atoms with Crippen molar-refractivity contribution in [3.8, 4) is 0 Å². The number of rotatable bonds is 7. The van der Waals surface area contributed by atoms with Crippen molar-refractivity contribution in [1.82, 2.24) is 10.2 Å². The lowest BCUT2D eigenvalue weighted by Crippen LogP contribution is -2.41. The summed E-state index contributed by atoms with van der Waals surface area (Å²) in [5.41, 5.74) is 1.17. The van der Waals surface area contributed by atoms with Crippen LogP contribution in [-0.4, -0.2) is 30.1 Å². The Labute approximate surface area is 123 Å². The van der Waals surface area contributed by atoms with E-state index in [9.17, 15) is 0 Å². The molecule has 0 aliphatic rings. The van der Waals surface area contributed by atoms with E-state index in [1.54, 1.807) is 0 Å². The molecule has 0 radical (unpaired) electrons. The summed E-state index contributed by atoms with van der Waals surface area (Å²) in [6, 6.07) is 9.49. The van der Waals surface area contributed by atoms with Crippen molar-refractivity contribution in [2.45, 2.75) is 52.7 Å². The first-order chi connectivity index (χ1) is 8.93. The molecule has 19 heavy (non-hydrogen) atoms. The van der Waals surface area contributed by atoms with Crippen LogP contribution in [0.5, 0.6) is 0 Å². The van der Waals surface area contributed by atoms with Crippen molar-refractivity contribution in [3.63, 3.8) is 0 Å². The van der Waals surface area contributed by atoms with E-state index in [0.29, 0.717) is 12.1 Å². The van der Waals surface area contributed by atoms with Crippen LogP contribution in [0.25, 0.3) is 0 Å². The predicted molar refractivity (Wildman–Crippen MR) is 84.8 cm³/mol. The Morgan fingerprint density at radius 2 is 1.63 bits per heavy atom. The molecule has 1 N–H and O–H groups in total. The van der Waals surface area contributed by atoms with Gasteiger partial charge in [0.05, 0.1) is 0 Å². The van der Waals surface area contributed by atoms with Gasteiger partial charge in [0, 0.05) is 36.2 Å². The molecule has 1 aromatic rings. The van der Waals surface area contributed by atoms with E-state index < -0.39 is 0 Å². The van der Waals surface area contributed by atoms with Crippen molar-refractivity contribution in [2.75, 3.05) is 13.1 Å². The van der Waals surface area contributed by atoms with E-state index in [0.717, 1.165) is 18.1 Å². The third-order valence-corrected chi connectivity index (χ3v) is 3.86. The second-order valence-electron chi connectivity index (χ2n) is 5.62. The summed E-state index contributed by atoms with van der Waals surface area (Å²) in [6.45, 7) is 13.2. The van der Waals surface area contributed by atoms with E-state index in [-0.39, 0.29) is 6.04 Å². The molecule has 108 valence electrons. The summed E-state index contributed by atoms with van der Waals surface area (Å²) in [7, 11) is 0. The molecular weight excluding hydrogens is 256 g/mol. The van der Waals surface area contributed by atoms with Gasteiger partial charge < -0.3 is 5.32 Å². The van der Waals surface area contributed by atoms with Crippen LogP contribution in [0.2, 0.25) is 5.02 Å². The van der Waals surface area contributed by atoms with Crippen LogP contribution in [0.1, 0.15) is 46.2 Å². The van der Waals surface area contributed by atoms with E-state index in [4.69, 9.17) is 11.6 Å². The largest absolute Gasteiger partial charge is 0.309 e. The van der Waals surface area contributed by atoms with Crippen LogP contribution in [0.4, 0.5) is 0 Å². The lowest BCUT2D eigenvalue weighted by Gasteiger charge is -2.31. The third kappa shape index (κ3) is 5.13. The SMILES string of the molecule is CC(NCCN(C(C)C)C(C)C)c1ccccc1Cl. The summed E-state index contributed by atoms with van der Waals surface area (Å²) in [5.74, 6) is 0. The Balaban J connectivity index is 2.47. The molecule has 0 heterocycles. The Hall–Kier alpha value is -0.570. The van der Waals surface area contributed by atoms with Crippen molar-refractivity contribution >= 4 is 11.6 Å². The summed E-state index contributed by atoms with van der Waals surface area (Å²) in [4.78, 5) is 2.49. The van der Waals surface area contributed by atoms with Gasteiger partial charge in [0.1, 0.15) is 0 Å². The second-order valence-corrected chi connectivity index (χ2v) is 6.03. The molecule has 0 saturated heterocycles. The molecule has 1 rings (SSSR count). The van der Waals surface area contributed by atoms with Gasteiger partial charge in [-0.25, -0.2) is 0 Å². The van der Waals surface area contributed by atoms with Crippen LogP contribution in [0.3, 0.4) is 0 Å². The molecule has 2 nitrogen and oxygen atoms in total. The highest BCUT2D eigenvalue weighted by Crippen LogP contribution is 2.21. The Bertz CT molecular complexity index is 369. The molecule has 0 aliphatic heterocycles. The van der Waals surface area contributed by atoms with Gasteiger partial charge in [-0.15, -0.1) is 0 Å². The molecule has 1 aromatic carbocycles. The molecule has 0 fully saturated rings. The first kappa shape index (κ1) is 16.5. The van der Waals surface area contributed by atoms with E-state index in [1.165, 1.54) is 5.56 Å². The maximum Gasteiger partial charge on any atom is 0.0453 e. The highest BCUT2D eigenvalue weighted by Gasteiger charge is 2.14. The standard InChI is InChI=1S/C16H27ClN2/c1-12(2)19(13(3)4)11-10-18-14(5)15-8-6-7-9-16(15)17/h6-9,12-14,18H,10-11H2,1-5H3. The maximum atomic E-state index is 6.21. The molecule has 3 heteroatoms. The van der Waals surface area contributed by atoms with Gasteiger partial charge in [-0.3, -0.25) is 4.90 Å². The summed E-state index contributed by atoms with van der Waals surface area (Å²) >= 11 is 6.21. The van der Waals surface area contributed by atoms with Crippen LogP contribution >= 0.6 is 11.6 Å². The van der Waals surface area contributed by atoms with Crippen molar-refractivity contribution < 1.29 is 0 Å². The minimum atomic E-state index is 0.287. The molecule has 1 atom stereocenters. The second kappa shape index (κ2) is 7.88. The minimum Gasteiger partial charge on any atom is -0.309 e. The van der Waals surface area contributed by atoms with Gasteiger partial charge in [0.25, 0.3) is 0 Å².